The summed E-state index contributed by atoms with van der Waals surface area (Å²) in [6, 6.07) is 3.40. The first-order valence-electron chi connectivity index (χ1n) is 6.69. The molecular formula is C13H19ClFN3O3S. The van der Waals surface area contributed by atoms with Crippen molar-refractivity contribution in [3.05, 3.63) is 24.0 Å². The Morgan fingerprint density at radius 3 is 2.64 bits per heavy atom. The molecule has 124 valence electrons. The lowest BCUT2D eigenvalue weighted by atomic mass is 10.3. The summed E-state index contributed by atoms with van der Waals surface area (Å²) in [6.07, 6.45) is 1.78. The molecule has 0 spiro atoms. The summed E-state index contributed by atoms with van der Waals surface area (Å²) in [5.74, 6) is -1.11. The monoisotopic (exact) mass is 351 g/mol. The molecule has 0 saturated heterocycles. The number of sulfonamides is 1. The molecule has 1 aliphatic rings. The molecule has 0 radical (unpaired) electrons. The van der Waals surface area contributed by atoms with Crippen molar-refractivity contribution in [2.24, 2.45) is 0 Å². The SMILES string of the molecule is CNCCC(=O)Nc1ccc(F)c(S(=O)(=O)NC2CC2)c1.Cl. The second kappa shape index (κ2) is 7.87. The van der Waals surface area contributed by atoms with E-state index in [2.05, 4.69) is 15.4 Å². The van der Waals surface area contributed by atoms with E-state index in [0.29, 0.717) is 6.54 Å². The van der Waals surface area contributed by atoms with Crippen molar-refractivity contribution in [3.8, 4) is 0 Å². The number of rotatable bonds is 7. The Labute approximate surface area is 135 Å². The van der Waals surface area contributed by atoms with Gasteiger partial charge in [0.1, 0.15) is 10.7 Å². The van der Waals surface area contributed by atoms with Gasteiger partial charge in [0, 0.05) is 24.7 Å². The molecule has 1 aromatic rings. The van der Waals surface area contributed by atoms with E-state index in [1.165, 1.54) is 6.07 Å². The summed E-state index contributed by atoms with van der Waals surface area (Å²) < 4.78 is 40.2. The van der Waals surface area contributed by atoms with Gasteiger partial charge in [0.2, 0.25) is 15.9 Å². The molecule has 1 fully saturated rings. The van der Waals surface area contributed by atoms with Gasteiger partial charge in [-0.3, -0.25) is 4.79 Å². The summed E-state index contributed by atoms with van der Waals surface area (Å²) in [5, 5.41) is 5.38. The van der Waals surface area contributed by atoms with Gasteiger partial charge in [-0.1, -0.05) is 0 Å². The minimum absolute atomic E-state index is 0. The summed E-state index contributed by atoms with van der Waals surface area (Å²) in [4.78, 5) is 11.2. The van der Waals surface area contributed by atoms with Crippen molar-refractivity contribution in [3.63, 3.8) is 0 Å². The highest BCUT2D eigenvalue weighted by Crippen LogP contribution is 2.25. The van der Waals surface area contributed by atoms with Crippen molar-refractivity contribution in [2.45, 2.75) is 30.2 Å². The van der Waals surface area contributed by atoms with Crippen LogP contribution in [0.25, 0.3) is 0 Å². The third kappa shape index (κ3) is 5.20. The van der Waals surface area contributed by atoms with Crippen LogP contribution >= 0.6 is 12.4 Å². The van der Waals surface area contributed by atoms with Crippen molar-refractivity contribution in [1.82, 2.24) is 10.0 Å². The Morgan fingerprint density at radius 1 is 1.36 bits per heavy atom. The molecular weight excluding hydrogens is 333 g/mol. The summed E-state index contributed by atoms with van der Waals surface area (Å²) >= 11 is 0. The summed E-state index contributed by atoms with van der Waals surface area (Å²) in [7, 11) is -2.17. The molecule has 3 N–H and O–H groups in total. The van der Waals surface area contributed by atoms with Crippen LogP contribution in [0, 0.1) is 5.82 Å². The Balaban J connectivity index is 0.00000242. The van der Waals surface area contributed by atoms with E-state index in [4.69, 9.17) is 0 Å². The van der Waals surface area contributed by atoms with Crippen LogP contribution in [0.1, 0.15) is 19.3 Å². The fourth-order valence-corrected chi connectivity index (χ4v) is 3.14. The highest BCUT2D eigenvalue weighted by atomic mass is 35.5. The first-order valence-corrected chi connectivity index (χ1v) is 8.17. The molecule has 0 heterocycles. The predicted molar refractivity (Wildman–Crippen MR) is 84.2 cm³/mol. The van der Waals surface area contributed by atoms with Gasteiger partial charge in [0.15, 0.2) is 0 Å². The third-order valence-electron chi connectivity index (χ3n) is 3.01. The Morgan fingerprint density at radius 2 is 2.05 bits per heavy atom. The molecule has 0 bridgehead atoms. The van der Waals surface area contributed by atoms with Crippen molar-refractivity contribution in [2.75, 3.05) is 18.9 Å². The van der Waals surface area contributed by atoms with Crippen LogP contribution in [-0.4, -0.2) is 34.0 Å². The quantitative estimate of drug-likeness (QED) is 0.689. The van der Waals surface area contributed by atoms with Gasteiger partial charge in [-0.25, -0.2) is 17.5 Å². The van der Waals surface area contributed by atoms with Gasteiger partial charge in [-0.05, 0) is 38.1 Å². The van der Waals surface area contributed by atoms with E-state index >= 15 is 0 Å². The van der Waals surface area contributed by atoms with E-state index in [9.17, 15) is 17.6 Å². The zero-order valence-electron chi connectivity index (χ0n) is 12.1. The average Bonchev–Trinajstić information content (AvgIpc) is 3.21. The van der Waals surface area contributed by atoms with Crippen LogP contribution in [0.15, 0.2) is 23.1 Å². The highest BCUT2D eigenvalue weighted by molar-refractivity contribution is 7.89. The molecule has 0 unspecified atom stereocenters. The zero-order valence-corrected chi connectivity index (χ0v) is 13.7. The van der Waals surface area contributed by atoms with Crippen LogP contribution < -0.4 is 15.4 Å². The smallest absolute Gasteiger partial charge is 0.243 e. The molecule has 9 heteroatoms. The standard InChI is InChI=1S/C13H18FN3O3S.ClH/c1-15-7-6-13(18)16-10-4-5-11(14)12(8-10)21(19,20)17-9-2-3-9;/h4-5,8-9,15,17H,2-3,6-7H2,1H3,(H,16,18);1H. The molecule has 2 rings (SSSR count). The van der Waals surface area contributed by atoms with E-state index in [1.54, 1.807) is 7.05 Å². The molecule has 1 saturated carbocycles. The molecule has 1 aromatic carbocycles. The van der Waals surface area contributed by atoms with E-state index in [-0.39, 0.29) is 36.5 Å². The largest absolute Gasteiger partial charge is 0.326 e. The van der Waals surface area contributed by atoms with E-state index < -0.39 is 20.7 Å². The summed E-state index contributed by atoms with van der Waals surface area (Å²) in [6.45, 7) is 0.501. The maximum atomic E-state index is 13.7. The molecule has 1 amide bonds. The minimum atomic E-state index is -3.89. The molecule has 0 aromatic heterocycles. The van der Waals surface area contributed by atoms with Gasteiger partial charge in [0.05, 0.1) is 0 Å². The van der Waals surface area contributed by atoms with E-state index in [1.807, 2.05) is 0 Å². The first kappa shape index (κ1) is 18.8. The van der Waals surface area contributed by atoms with Crippen LogP contribution in [0.5, 0.6) is 0 Å². The molecule has 1 aliphatic carbocycles. The maximum absolute atomic E-state index is 13.7. The number of hydrogen-bond acceptors (Lipinski definition) is 4. The summed E-state index contributed by atoms with van der Waals surface area (Å²) in [5.41, 5.74) is 0.258. The molecule has 6 nitrogen and oxygen atoms in total. The Bertz CT molecular complexity index is 635. The van der Waals surface area contributed by atoms with Gasteiger partial charge < -0.3 is 10.6 Å². The van der Waals surface area contributed by atoms with Gasteiger partial charge in [0.25, 0.3) is 0 Å². The number of anilines is 1. The van der Waals surface area contributed by atoms with Crippen LogP contribution in [0.3, 0.4) is 0 Å². The Kier molecular flexibility index (Phi) is 6.73. The molecule has 0 atom stereocenters. The van der Waals surface area contributed by atoms with Crippen LogP contribution in [0.4, 0.5) is 10.1 Å². The lowest BCUT2D eigenvalue weighted by Gasteiger charge is -2.10. The number of benzene rings is 1. The Hall–Kier alpha value is -1.22. The fourth-order valence-electron chi connectivity index (χ4n) is 1.73. The number of halogens is 2. The van der Waals surface area contributed by atoms with Gasteiger partial charge in [-0.15, -0.1) is 12.4 Å². The van der Waals surface area contributed by atoms with E-state index in [0.717, 1.165) is 25.0 Å². The minimum Gasteiger partial charge on any atom is -0.326 e. The van der Waals surface area contributed by atoms with Gasteiger partial charge in [-0.2, -0.15) is 0 Å². The topological polar surface area (TPSA) is 87.3 Å². The third-order valence-corrected chi connectivity index (χ3v) is 4.54. The number of amides is 1. The van der Waals surface area contributed by atoms with Crippen molar-refractivity contribution in [1.29, 1.82) is 0 Å². The highest BCUT2D eigenvalue weighted by Gasteiger charge is 2.29. The average molecular weight is 352 g/mol. The zero-order chi connectivity index (χ0) is 15.5. The number of nitrogens with one attached hydrogen (secondary N) is 3. The normalized spacial score (nSPS) is 14.3. The van der Waals surface area contributed by atoms with Crippen molar-refractivity contribution < 1.29 is 17.6 Å². The first-order chi connectivity index (χ1) is 9.92. The van der Waals surface area contributed by atoms with Crippen LogP contribution in [0.2, 0.25) is 0 Å². The lowest BCUT2D eigenvalue weighted by Crippen LogP contribution is -2.26. The predicted octanol–water partition coefficient (Wildman–Crippen LogP) is 1.24. The second-order valence-corrected chi connectivity index (χ2v) is 6.62. The number of hydrogen-bond donors (Lipinski definition) is 3. The molecule has 22 heavy (non-hydrogen) atoms. The lowest BCUT2D eigenvalue weighted by molar-refractivity contribution is -0.116. The fraction of sp³-hybridized carbons (Fsp3) is 0.462. The van der Waals surface area contributed by atoms with Crippen LogP contribution in [-0.2, 0) is 14.8 Å². The van der Waals surface area contributed by atoms with Crippen molar-refractivity contribution >= 4 is 34.0 Å². The second-order valence-electron chi connectivity index (χ2n) is 4.94. The maximum Gasteiger partial charge on any atom is 0.243 e. The number of carbonyl (C=O) groups is 1. The number of carbonyl (C=O) groups excluding carboxylic acids is 1. The molecule has 0 aliphatic heterocycles. The van der Waals surface area contributed by atoms with Gasteiger partial charge >= 0.3 is 0 Å².